The van der Waals surface area contributed by atoms with Crippen LogP contribution >= 0.6 is 0 Å². The van der Waals surface area contributed by atoms with Crippen molar-refractivity contribution in [2.75, 3.05) is 26.2 Å². The lowest BCUT2D eigenvalue weighted by Gasteiger charge is -2.29. The molecule has 4 nitrogen and oxygen atoms in total. The Hall–Kier alpha value is -1.76. The highest BCUT2D eigenvalue weighted by Crippen LogP contribution is 2.19. The highest BCUT2D eigenvalue weighted by atomic mass is 19.4. The lowest BCUT2D eigenvalue weighted by molar-refractivity contribution is -0.153. The summed E-state index contributed by atoms with van der Waals surface area (Å²) < 4.78 is 40.8. The molecule has 1 aromatic rings. The minimum absolute atomic E-state index is 0.0399. The Labute approximate surface area is 140 Å². The van der Waals surface area contributed by atoms with Gasteiger partial charge in [0.05, 0.1) is 6.54 Å². The van der Waals surface area contributed by atoms with Crippen LogP contribution in [0.3, 0.4) is 0 Å². The normalized spacial score (nSPS) is 16.8. The second-order valence-corrected chi connectivity index (χ2v) is 6.28. The predicted octanol–water partition coefficient (Wildman–Crippen LogP) is 2.98. The van der Waals surface area contributed by atoms with Gasteiger partial charge in [-0.2, -0.15) is 13.2 Å². The molecule has 0 spiro atoms. The van der Waals surface area contributed by atoms with Crippen LogP contribution in [-0.2, 0) is 11.3 Å². The fourth-order valence-electron chi connectivity index (χ4n) is 2.55. The summed E-state index contributed by atoms with van der Waals surface area (Å²) in [6, 6.07) is 6.24. The fraction of sp³-hybridized carbons (Fsp3) is 0.588. The third kappa shape index (κ3) is 6.78. The average Bonchev–Trinajstić information content (AvgIpc) is 2.53. The second-order valence-electron chi connectivity index (χ2n) is 6.28. The van der Waals surface area contributed by atoms with Crippen molar-refractivity contribution >= 4 is 5.91 Å². The number of carbonyl (C=O) groups excluding carboxylic acids is 1. The molecule has 2 rings (SSSR count). The Kier molecular flexibility index (Phi) is 6.48. The van der Waals surface area contributed by atoms with E-state index in [4.69, 9.17) is 0 Å². The molecule has 0 bridgehead atoms. The maximum atomic E-state index is 12.1. The number of hydrogen-bond acceptors (Lipinski definition) is 3. The van der Waals surface area contributed by atoms with Crippen LogP contribution in [0.4, 0.5) is 13.2 Å². The van der Waals surface area contributed by atoms with Gasteiger partial charge < -0.3 is 10.1 Å². The number of alkyl halides is 3. The molecule has 1 aliphatic heterocycles. The number of piperidine rings is 1. The van der Waals surface area contributed by atoms with E-state index in [1.165, 1.54) is 12.1 Å². The van der Waals surface area contributed by atoms with Crippen LogP contribution in [0.2, 0.25) is 0 Å². The summed E-state index contributed by atoms with van der Waals surface area (Å²) in [7, 11) is 0. The van der Waals surface area contributed by atoms with Gasteiger partial charge in [0, 0.05) is 6.54 Å². The Morgan fingerprint density at radius 3 is 2.46 bits per heavy atom. The van der Waals surface area contributed by atoms with Gasteiger partial charge in [0.1, 0.15) is 5.75 Å². The maximum Gasteiger partial charge on any atom is 0.422 e. The molecule has 7 heteroatoms. The largest absolute Gasteiger partial charge is 0.484 e. The number of likely N-dealkylation sites (tertiary alicyclic amines) is 1. The van der Waals surface area contributed by atoms with Crippen LogP contribution in [0.5, 0.6) is 5.75 Å². The Morgan fingerprint density at radius 1 is 1.25 bits per heavy atom. The molecule has 1 fully saturated rings. The molecular formula is C17H23F3N2O2. The smallest absolute Gasteiger partial charge is 0.422 e. The predicted molar refractivity (Wildman–Crippen MR) is 84.7 cm³/mol. The lowest BCUT2D eigenvalue weighted by atomic mass is 9.99. The van der Waals surface area contributed by atoms with Gasteiger partial charge >= 0.3 is 6.18 Å². The van der Waals surface area contributed by atoms with Gasteiger partial charge in [-0.1, -0.05) is 19.1 Å². The number of benzene rings is 1. The first-order valence-electron chi connectivity index (χ1n) is 8.09. The molecule has 1 amide bonds. The van der Waals surface area contributed by atoms with Crippen molar-refractivity contribution in [1.29, 1.82) is 0 Å². The van der Waals surface area contributed by atoms with Crippen LogP contribution in [0.25, 0.3) is 0 Å². The highest BCUT2D eigenvalue weighted by molar-refractivity contribution is 5.78. The van der Waals surface area contributed by atoms with Crippen LogP contribution in [-0.4, -0.2) is 43.2 Å². The number of carbonyl (C=O) groups is 1. The van der Waals surface area contributed by atoms with Gasteiger partial charge in [-0.15, -0.1) is 0 Å². The molecule has 24 heavy (non-hydrogen) atoms. The number of nitrogens with zero attached hydrogens (tertiary/aromatic N) is 1. The first-order valence-corrected chi connectivity index (χ1v) is 8.09. The number of hydrogen-bond donors (Lipinski definition) is 1. The van der Waals surface area contributed by atoms with E-state index in [1.807, 2.05) is 0 Å². The van der Waals surface area contributed by atoms with E-state index in [-0.39, 0.29) is 11.7 Å². The Morgan fingerprint density at radius 2 is 1.88 bits per heavy atom. The maximum absolute atomic E-state index is 12.1. The summed E-state index contributed by atoms with van der Waals surface area (Å²) in [5.74, 6) is 0.842. The van der Waals surface area contributed by atoms with Gasteiger partial charge in [-0.25, -0.2) is 0 Å². The van der Waals surface area contributed by atoms with E-state index >= 15 is 0 Å². The molecule has 0 atom stereocenters. The van der Waals surface area contributed by atoms with Gasteiger partial charge in [0.15, 0.2) is 6.61 Å². The molecule has 1 saturated heterocycles. The standard InChI is InChI=1S/C17H23F3N2O2/c1-13-6-8-22(9-7-13)11-16(23)21-10-14-2-4-15(5-3-14)24-12-17(18,19)20/h2-5,13H,6-12H2,1H3,(H,21,23). The van der Waals surface area contributed by atoms with E-state index in [1.54, 1.807) is 12.1 Å². The van der Waals surface area contributed by atoms with Crippen LogP contribution < -0.4 is 10.1 Å². The van der Waals surface area contributed by atoms with Crippen molar-refractivity contribution in [3.63, 3.8) is 0 Å². The van der Waals surface area contributed by atoms with Crippen LogP contribution in [0.15, 0.2) is 24.3 Å². The van der Waals surface area contributed by atoms with Gasteiger partial charge in [0.25, 0.3) is 0 Å². The summed E-state index contributed by atoms with van der Waals surface area (Å²) in [4.78, 5) is 14.1. The zero-order valence-corrected chi connectivity index (χ0v) is 13.7. The Balaban J connectivity index is 1.70. The first-order chi connectivity index (χ1) is 11.3. The summed E-state index contributed by atoms with van der Waals surface area (Å²) in [6.07, 6.45) is -2.11. The summed E-state index contributed by atoms with van der Waals surface area (Å²) in [6.45, 7) is 3.54. The number of rotatable bonds is 6. The molecule has 0 aromatic heterocycles. The van der Waals surface area contributed by atoms with Crippen molar-refractivity contribution in [3.05, 3.63) is 29.8 Å². The van der Waals surface area contributed by atoms with E-state index in [0.29, 0.717) is 13.1 Å². The third-order valence-corrected chi connectivity index (χ3v) is 4.06. The molecular weight excluding hydrogens is 321 g/mol. The highest BCUT2D eigenvalue weighted by Gasteiger charge is 2.28. The van der Waals surface area contributed by atoms with E-state index in [9.17, 15) is 18.0 Å². The van der Waals surface area contributed by atoms with E-state index in [2.05, 4.69) is 21.9 Å². The van der Waals surface area contributed by atoms with E-state index < -0.39 is 12.8 Å². The van der Waals surface area contributed by atoms with Crippen molar-refractivity contribution in [2.24, 2.45) is 5.92 Å². The molecule has 1 aliphatic rings. The third-order valence-electron chi connectivity index (χ3n) is 4.06. The molecule has 1 N–H and O–H groups in total. The summed E-state index contributed by atoms with van der Waals surface area (Å²) in [5.41, 5.74) is 0.815. The molecule has 0 saturated carbocycles. The van der Waals surface area contributed by atoms with Gasteiger partial charge in [0.2, 0.25) is 5.91 Å². The SMILES string of the molecule is CC1CCN(CC(=O)NCc2ccc(OCC(F)(F)F)cc2)CC1. The average molecular weight is 344 g/mol. The molecule has 134 valence electrons. The second kappa shape index (κ2) is 8.37. The minimum Gasteiger partial charge on any atom is -0.484 e. The Bertz CT molecular complexity index is 524. The zero-order chi connectivity index (χ0) is 17.6. The fourth-order valence-corrected chi connectivity index (χ4v) is 2.55. The molecule has 0 radical (unpaired) electrons. The van der Waals surface area contributed by atoms with Crippen molar-refractivity contribution in [1.82, 2.24) is 10.2 Å². The monoisotopic (exact) mass is 344 g/mol. The first kappa shape index (κ1) is 18.6. The quantitative estimate of drug-likeness (QED) is 0.863. The summed E-state index contributed by atoms with van der Waals surface area (Å²) >= 11 is 0. The molecule has 1 aromatic carbocycles. The van der Waals surface area contributed by atoms with Crippen LogP contribution in [0, 0.1) is 5.92 Å². The molecule has 1 heterocycles. The van der Waals surface area contributed by atoms with Crippen LogP contribution in [0.1, 0.15) is 25.3 Å². The van der Waals surface area contributed by atoms with Crippen molar-refractivity contribution < 1.29 is 22.7 Å². The minimum atomic E-state index is -4.35. The number of amides is 1. The van der Waals surface area contributed by atoms with Crippen molar-refractivity contribution in [3.8, 4) is 5.75 Å². The zero-order valence-electron chi connectivity index (χ0n) is 13.7. The number of nitrogens with one attached hydrogen (secondary N) is 1. The summed E-state index contributed by atoms with van der Waals surface area (Å²) in [5, 5.41) is 2.83. The van der Waals surface area contributed by atoms with E-state index in [0.717, 1.165) is 37.4 Å². The lowest BCUT2D eigenvalue weighted by Crippen LogP contribution is -2.41. The van der Waals surface area contributed by atoms with Gasteiger partial charge in [-0.05, 0) is 49.5 Å². The number of halogens is 3. The number of ether oxygens (including phenoxy) is 1. The molecule has 0 aliphatic carbocycles. The molecule has 0 unspecified atom stereocenters. The van der Waals surface area contributed by atoms with Gasteiger partial charge in [-0.3, -0.25) is 9.69 Å². The topological polar surface area (TPSA) is 41.6 Å². The van der Waals surface area contributed by atoms with Crippen molar-refractivity contribution in [2.45, 2.75) is 32.5 Å².